The van der Waals surface area contributed by atoms with E-state index in [0.717, 1.165) is 71.9 Å². The van der Waals surface area contributed by atoms with Crippen molar-refractivity contribution in [3.63, 3.8) is 0 Å². The molecular weight excluding hydrogens is 700 g/mol. The van der Waals surface area contributed by atoms with Gasteiger partial charge in [-0.2, -0.15) is 13.2 Å². The molecule has 0 aliphatic carbocycles. The van der Waals surface area contributed by atoms with E-state index in [4.69, 9.17) is 6.57 Å². The Hall–Kier alpha value is -7.36. The molecule has 6 heteroatoms. The van der Waals surface area contributed by atoms with Crippen LogP contribution in [0.25, 0.3) is 93.2 Å². The molecule has 10 aromatic rings. The number of rotatable bonds is 5. The third-order valence-corrected chi connectivity index (χ3v) is 10.8. The molecule has 8 aromatic carbocycles. The predicted molar refractivity (Wildman–Crippen MR) is 223 cm³/mol. The van der Waals surface area contributed by atoms with Gasteiger partial charge >= 0.3 is 6.18 Å². The van der Waals surface area contributed by atoms with E-state index in [9.17, 15) is 13.2 Å². The van der Waals surface area contributed by atoms with Gasteiger partial charge in [0.2, 0.25) is 5.69 Å². The molecule has 0 bridgehead atoms. The van der Waals surface area contributed by atoms with E-state index in [1.165, 1.54) is 12.1 Å². The predicted octanol–water partition coefficient (Wildman–Crippen LogP) is 14.5. The van der Waals surface area contributed by atoms with Crippen LogP contribution in [0.2, 0.25) is 0 Å². The minimum absolute atomic E-state index is 0.00742. The molecule has 56 heavy (non-hydrogen) atoms. The number of fused-ring (bicyclic) bond motifs is 6. The normalized spacial score (nSPS) is 11.8. The van der Waals surface area contributed by atoms with Gasteiger partial charge < -0.3 is 9.13 Å². The molecule has 0 aliphatic heterocycles. The van der Waals surface area contributed by atoms with Crippen LogP contribution in [0, 0.1) is 6.57 Å². The van der Waals surface area contributed by atoms with Crippen LogP contribution >= 0.6 is 0 Å². The van der Waals surface area contributed by atoms with Crippen molar-refractivity contribution in [1.82, 2.24) is 9.13 Å². The van der Waals surface area contributed by atoms with Crippen molar-refractivity contribution in [2.24, 2.45) is 0 Å². The molecule has 0 N–H and O–H groups in total. The summed E-state index contributed by atoms with van der Waals surface area (Å²) in [5.74, 6) is 0. The number of hydrogen-bond acceptors (Lipinski definition) is 0. The Morgan fingerprint density at radius 3 is 1.46 bits per heavy atom. The van der Waals surface area contributed by atoms with Crippen LogP contribution in [0.4, 0.5) is 18.9 Å². The Labute approximate surface area is 320 Å². The highest BCUT2D eigenvalue weighted by Gasteiger charge is 2.35. The van der Waals surface area contributed by atoms with Crippen molar-refractivity contribution in [2.75, 3.05) is 0 Å². The smallest absolute Gasteiger partial charge is 0.319 e. The molecule has 3 nitrogen and oxygen atoms in total. The van der Waals surface area contributed by atoms with Gasteiger partial charge in [0.05, 0.1) is 45.6 Å². The summed E-state index contributed by atoms with van der Waals surface area (Å²) < 4.78 is 48.6. The Bertz CT molecular complexity index is 3180. The lowest BCUT2D eigenvalue weighted by Gasteiger charge is -2.22. The maximum absolute atomic E-state index is 14.8. The van der Waals surface area contributed by atoms with Gasteiger partial charge in [-0.1, -0.05) is 133 Å². The van der Waals surface area contributed by atoms with Gasteiger partial charge in [0.25, 0.3) is 0 Å². The van der Waals surface area contributed by atoms with Crippen LogP contribution in [0.5, 0.6) is 0 Å². The molecule has 0 saturated carbocycles. The van der Waals surface area contributed by atoms with Gasteiger partial charge in [-0.15, -0.1) is 0 Å². The van der Waals surface area contributed by atoms with Crippen molar-refractivity contribution >= 4 is 49.3 Å². The number of halogens is 3. The van der Waals surface area contributed by atoms with E-state index < -0.39 is 11.7 Å². The van der Waals surface area contributed by atoms with Gasteiger partial charge in [-0.3, -0.25) is 0 Å². The highest BCUT2D eigenvalue weighted by atomic mass is 19.4. The minimum atomic E-state index is -4.63. The molecule has 0 fully saturated rings. The first kappa shape index (κ1) is 33.2. The first-order valence-corrected chi connectivity index (χ1v) is 18.3. The summed E-state index contributed by atoms with van der Waals surface area (Å²) in [5, 5.41) is 3.89. The third-order valence-electron chi connectivity index (χ3n) is 10.8. The summed E-state index contributed by atoms with van der Waals surface area (Å²) in [7, 11) is 0. The molecule has 2 aromatic heterocycles. The van der Waals surface area contributed by atoms with Crippen LogP contribution in [0.3, 0.4) is 0 Å². The van der Waals surface area contributed by atoms with Crippen LogP contribution < -0.4 is 0 Å². The van der Waals surface area contributed by atoms with Gasteiger partial charge in [0, 0.05) is 21.5 Å². The lowest BCUT2D eigenvalue weighted by atomic mass is 9.95. The van der Waals surface area contributed by atoms with Gasteiger partial charge in [-0.05, 0) is 81.9 Å². The molecule has 0 aliphatic rings. The minimum Gasteiger partial charge on any atom is -0.319 e. The lowest BCUT2D eigenvalue weighted by molar-refractivity contribution is -0.137. The fourth-order valence-electron chi connectivity index (χ4n) is 8.34. The molecule has 10 rings (SSSR count). The average Bonchev–Trinajstić information content (AvgIpc) is 3.75. The fraction of sp³-hybridized carbons (Fsp3) is 0.0200. The summed E-state index contributed by atoms with van der Waals surface area (Å²) in [5.41, 5.74) is 8.34. The number of aromatic nitrogens is 2. The van der Waals surface area contributed by atoms with Gasteiger partial charge in [-0.25, -0.2) is 4.85 Å². The second kappa shape index (κ2) is 12.9. The quantitative estimate of drug-likeness (QED) is 0.157. The number of hydrogen-bond donors (Lipinski definition) is 0. The van der Waals surface area contributed by atoms with Crippen molar-refractivity contribution in [3.8, 4) is 44.8 Å². The fourth-order valence-corrected chi connectivity index (χ4v) is 8.34. The zero-order valence-corrected chi connectivity index (χ0v) is 29.8. The van der Waals surface area contributed by atoms with E-state index in [1.54, 1.807) is 18.2 Å². The van der Waals surface area contributed by atoms with Crippen LogP contribution in [-0.4, -0.2) is 9.13 Å². The second-order valence-electron chi connectivity index (χ2n) is 13.9. The molecule has 266 valence electrons. The number of alkyl halides is 3. The highest BCUT2D eigenvalue weighted by Crippen LogP contribution is 2.48. The molecule has 0 saturated heterocycles. The maximum Gasteiger partial charge on any atom is 0.417 e. The first-order chi connectivity index (χ1) is 27.4. The SMILES string of the molecule is [C-]#[N+]c1c(-n2c3ccccc3c3cc(-c4ccccc4)ccc32)ccc(-c2ccccc2C(F)(F)F)c1-n1c2ccccc2c2cc(-c3ccccc3)ccc21. The van der Waals surface area contributed by atoms with E-state index in [-0.39, 0.29) is 11.3 Å². The topological polar surface area (TPSA) is 14.2 Å². The zero-order valence-electron chi connectivity index (χ0n) is 29.8. The standard InChI is InChI=1S/C50H30F3N3/c1-54-48-47(55-43-22-12-9-19-37(43)40-30-34(24-27-45(40)55)32-14-4-2-5-15-32)29-26-39(36-18-8-11-21-42(36)50(51,52)53)49(48)56-44-23-13-10-20-38(44)41-31-35(25-28-46(41)56)33-16-6-3-7-17-33/h2-31H. The van der Waals surface area contributed by atoms with Crippen LogP contribution in [0.1, 0.15) is 5.56 Å². The Morgan fingerprint density at radius 1 is 0.411 bits per heavy atom. The number of benzene rings is 8. The summed E-state index contributed by atoms with van der Waals surface area (Å²) in [6.07, 6.45) is -4.63. The van der Waals surface area contributed by atoms with E-state index >= 15 is 0 Å². The Morgan fingerprint density at radius 2 is 0.893 bits per heavy atom. The van der Waals surface area contributed by atoms with E-state index in [2.05, 4.69) is 64.0 Å². The van der Waals surface area contributed by atoms with E-state index in [1.807, 2.05) is 95.6 Å². The lowest BCUT2D eigenvalue weighted by Crippen LogP contribution is -2.09. The summed E-state index contributed by atoms with van der Waals surface area (Å²) in [6, 6.07) is 58.0. The average molecular weight is 730 g/mol. The largest absolute Gasteiger partial charge is 0.417 e. The van der Waals surface area contributed by atoms with Gasteiger partial charge in [0.15, 0.2) is 0 Å². The monoisotopic (exact) mass is 729 g/mol. The molecule has 0 spiro atoms. The van der Waals surface area contributed by atoms with Gasteiger partial charge in [0.1, 0.15) is 0 Å². The molecule has 0 radical (unpaired) electrons. The third kappa shape index (κ3) is 5.20. The molecular formula is C50H30F3N3. The maximum atomic E-state index is 14.8. The Balaban J connectivity index is 1.33. The second-order valence-corrected chi connectivity index (χ2v) is 13.9. The highest BCUT2D eigenvalue weighted by molar-refractivity contribution is 6.13. The summed E-state index contributed by atoms with van der Waals surface area (Å²) >= 11 is 0. The van der Waals surface area contributed by atoms with Crippen LogP contribution in [-0.2, 0) is 6.18 Å². The Kier molecular flexibility index (Phi) is 7.65. The van der Waals surface area contributed by atoms with Crippen molar-refractivity contribution in [3.05, 3.63) is 199 Å². The molecule has 0 atom stereocenters. The first-order valence-electron chi connectivity index (χ1n) is 18.3. The van der Waals surface area contributed by atoms with Crippen molar-refractivity contribution in [2.45, 2.75) is 6.18 Å². The summed E-state index contributed by atoms with van der Waals surface area (Å²) in [4.78, 5) is 4.25. The number of para-hydroxylation sites is 2. The molecule has 0 unspecified atom stereocenters. The number of nitrogens with zero attached hydrogens (tertiary/aromatic N) is 3. The van der Waals surface area contributed by atoms with Crippen LogP contribution in [0.15, 0.2) is 182 Å². The zero-order chi connectivity index (χ0) is 38.0. The molecule has 0 amide bonds. The molecule has 2 heterocycles. The van der Waals surface area contributed by atoms with E-state index in [0.29, 0.717) is 16.9 Å². The van der Waals surface area contributed by atoms with Crippen molar-refractivity contribution in [1.29, 1.82) is 0 Å². The van der Waals surface area contributed by atoms with Crippen molar-refractivity contribution < 1.29 is 13.2 Å². The summed E-state index contributed by atoms with van der Waals surface area (Å²) in [6.45, 7) is 8.87.